The Balaban J connectivity index is 1.33. The third-order valence-electron chi connectivity index (χ3n) is 8.48. The molecule has 0 spiro atoms. The highest BCUT2D eigenvalue weighted by atomic mass is 16.5. The van der Waals surface area contributed by atoms with E-state index in [1.807, 2.05) is 61.5 Å². The van der Waals surface area contributed by atoms with Crippen LogP contribution in [0.1, 0.15) is 49.3 Å². The first kappa shape index (κ1) is 28.4. The van der Waals surface area contributed by atoms with Crippen molar-refractivity contribution in [3.05, 3.63) is 95.6 Å². The number of benzene rings is 3. The van der Waals surface area contributed by atoms with Crippen LogP contribution in [0.4, 0.5) is 4.79 Å². The van der Waals surface area contributed by atoms with Gasteiger partial charge in [0.1, 0.15) is 18.2 Å². The highest BCUT2D eigenvalue weighted by Gasteiger charge is 2.47. The van der Waals surface area contributed by atoms with Crippen LogP contribution in [-0.2, 0) is 20.9 Å². The molecule has 5 rings (SSSR count). The van der Waals surface area contributed by atoms with E-state index in [9.17, 15) is 19.5 Å². The lowest BCUT2D eigenvalue weighted by Crippen LogP contribution is -2.63. The third kappa shape index (κ3) is 5.98. The molecule has 3 aromatic carbocycles. The number of nitrogens with zero attached hydrogens (tertiary/aromatic N) is 1. The fraction of sp³-hybridized carbons (Fsp3) is 0.364. The van der Waals surface area contributed by atoms with E-state index in [0.29, 0.717) is 25.9 Å². The van der Waals surface area contributed by atoms with Crippen molar-refractivity contribution in [2.45, 2.75) is 50.7 Å². The number of hydrogen-bond donors (Lipinski definition) is 3. The summed E-state index contributed by atoms with van der Waals surface area (Å²) in [5.41, 5.74) is 4.23. The molecule has 0 saturated carbocycles. The van der Waals surface area contributed by atoms with Gasteiger partial charge in [0.15, 0.2) is 0 Å². The number of likely N-dealkylation sites (tertiary alicyclic amines) is 1. The van der Waals surface area contributed by atoms with Crippen LogP contribution >= 0.6 is 0 Å². The number of alkyl carbamates (subject to hydrolysis) is 1. The summed E-state index contributed by atoms with van der Waals surface area (Å²) < 4.78 is 5.79. The SMILES string of the molecule is CC[C@H](C)[C@H](NC(=O)C1(NC(=O)OCC2c3ccccc3-c3ccccc32)CCN(Cc2ccccc2)C1)C(=O)O. The topological polar surface area (TPSA) is 108 Å². The minimum Gasteiger partial charge on any atom is -0.480 e. The standard InChI is InChI=1S/C33H37N3O5/c1-3-22(2)29(30(37)38)34-31(39)33(17-18-36(21-33)19-23-11-5-4-6-12-23)35-32(40)41-20-28-26-15-9-7-13-24(26)25-14-8-10-16-27(25)28/h4-16,22,28-29H,3,17-21H2,1-2H3,(H,34,39)(H,35,40)(H,37,38)/t22-,29-,33?/m0/s1. The number of carbonyl (C=O) groups is 3. The number of rotatable bonds is 10. The molecule has 1 aliphatic carbocycles. The molecule has 214 valence electrons. The average molecular weight is 556 g/mol. The number of carboxylic acids is 1. The second-order valence-electron chi connectivity index (χ2n) is 11.2. The summed E-state index contributed by atoms with van der Waals surface area (Å²) in [6, 6.07) is 25.1. The van der Waals surface area contributed by atoms with Gasteiger partial charge in [-0.1, -0.05) is 99.1 Å². The predicted molar refractivity (Wildman–Crippen MR) is 156 cm³/mol. The lowest BCUT2D eigenvalue weighted by molar-refractivity contribution is -0.144. The second-order valence-corrected chi connectivity index (χ2v) is 11.2. The molecule has 2 amide bonds. The van der Waals surface area contributed by atoms with Crippen LogP contribution in [-0.4, -0.2) is 59.3 Å². The Hall–Kier alpha value is -4.17. The summed E-state index contributed by atoms with van der Waals surface area (Å²) in [7, 11) is 0. The summed E-state index contributed by atoms with van der Waals surface area (Å²) in [4.78, 5) is 41.2. The zero-order valence-electron chi connectivity index (χ0n) is 23.5. The van der Waals surface area contributed by atoms with Gasteiger partial charge in [-0.15, -0.1) is 0 Å². The van der Waals surface area contributed by atoms with E-state index in [1.165, 1.54) is 0 Å². The minimum absolute atomic E-state index is 0.113. The molecule has 1 saturated heterocycles. The number of ether oxygens (including phenoxy) is 1. The molecule has 3 atom stereocenters. The zero-order chi connectivity index (χ0) is 29.0. The summed E-state index contributed by atoms with van der Waals surface area (Å²) in [6.45, 7) is 5.21. The van der Waals surface area contributed by atoms with Crippen molar-refractivity contribution in [3.8, 4) is 11.1 Å². The van der Waals surface area contributed by atoms with Crippen LogP contribution < -0.4 is 10.6 Å². The minimum atomic E-state index is -1.32. The highest BCUT2D eigenvalue weighted by molar-refractivity contribution is 5.93. The first-order chi connectivity index (χ1) is 19.8. The maximum Gasteiger partial charge on any atom is 0.408 e. The van der Waals surface area contributed by atoms with Gasteiger partial charge >= 0.3 is 12.1 Å². The number of nitrogens with one attached hydrogen (secondary N) is 2. The van der Waals surface area contributed by atoms with Gasteiger partial charge in [0, 0.05) is 25.6 Å². The van der Waals surface area contributed by atoms with Crippen LogP contribution in [0.2, 0.25) is 0 Å². The molecule has 1 unspecified atom stereocenters. The molecule has 41 heavy (non-hydrogen) atoms. The van der Waals surface area contributed by atoms with E-state index in [4.69, 9.17) is 4.74 Å². The maximum atomic E-state index is 13.8. The van der Waals surface area contributed by atoms with Gasteiger partial charge in [-0.05, 0) is 40.2 Å². The monoisotopic (exact) mass is 555 g/mol. The van der Waals surface area contributed by atoms with Gasteiger partial charge < -0.3 is 20.5 Å². The number of carboxylic acid groups (broad SMARTS) is 1. The molecule has 3 N–H and O–H groups in total. The Bertz CT molecular complexity index is 1370. The molecular weight excluding hydrogens is 518 g/mol. The summed E-state index contributed by atoms with van der Waals surface area (Å²) in [5.74, 6) is -1.99. The molecule has 0 bridgehead atoms. The molecule has 8 heteroatoms. The number of amides is 2. The fourth-order valence-corrected chi connectivity index (χ4v) is 6.00. The third-order valence-corrected chi connectivity index (χ3v) is 8.48. The average Bonchev–Trinajstić information content (AvgIpc) is 3.54. The molecule has 0 aromatic heterocycles. The van der Waals surface area contributed by atoms with Crippen molar-refractivity contribution < 1.29 is 24.2 Å². The first-order valence-corrected chi connectivity index (χ1v) is 14.2. The van der Waals surface area contributed by atoms with E-state index < -0.39 is 29.6 Å². The highest BCUT2D eigenvalue weighted by Crippen LogP contribution is 2.44. The van der Waals surface area contributed by atoms with Crippen LogP contribution in [0.25, 0.3) is 11.1 Å². The number of fused-ring (bicyclic) bond motifs is 3. The van der Waals surface area contributed by atoms with Crippen molar-refractivity contribution >= 4 is 18.0 Å². The summed E-state index contributed by atoms with van der Waals surface area (Å²) in [5, 5.41) is 15.4. The molecule has 8 nitrogen and oxygen atoms in total. The van der Waals surface area contributed by atoms with E-state index in [1.54, 1.807) is 6.92 Å². The predicted octanol–water partition coefficient (Wildman–Crippen LogP) is 4.79. The molecule has 1 aliphatic heterocycles. The molecule has 2 aliphatic rings. The van der Waals surface area contributed by atoms with E-state index in [2.05, 4.69) is 39.8 Å². The van der Waals surface area contributed by atoms with Crippen LogP contribution in [0.3, 0.4) is 0 Å². The van der Waals surface area contributed by atoms with Crippen molar-refractivity contribution in [3.63, 3.8) is 0 Å². The van der Waals surface area contributed by atoms with Crippen molar-refractivity contribution in [1.82, 2.24) is 15.5 Å². The van der Waals surface area contributed by atoms with E-state index in [-0.39, 0.29) is 25.0 Å². The van der Waals surface area contributed by atoms with Gasteiger partial charge in [0.05, 0.1) is 0 Å². The molecule has 3 aromatic rings. The lowest BCUT2D eigenvalue weighted by Gasteiger charge is -2.32. The number of carbonyl (C=O) groups excluding carboxylic acids is 2. The van der Waals surface area contributed by atoms with Gasteiger partial charge in [-0.3, -0.25) is 9.69 Å². The normalized spacial score (nSPS) is 19.6. The van der Waals surface area contributed by atoms with Crippen LogP contribution in [0.15, 0.2) is 78.9 Å². The van der Waals surface area contributed by atoms with Crippen LogP contribution in [0.5, 0.6) is 0 Å². The lowest BCUT2D eigenvalue weighted by atomic mass is 9.94. The number of hydrogen-bond acceptors (Lipinski definition) is 5. The molecule has 1 fully saturated rings. The van der Waals surface area contributed by atoms with Crippen molar-refractivity contribution in [2.75, 3.05) is 19.7 Å². The first-order valence-electron chi connectivity index (χ1n) is 14.2. The second kappa shape index (κ2) is 12.1. The Labute approximate surface area is 240 Å². The molecule has 1 heterocycles. The zero-order valence-corrected chi connectivity index (χ0v) is 23.5. The van der Waals surface area contributed by atoms with Crippen molar-refractivity contribution in [1.29, 1.82) is 0 Å². The Morgan fingerprint density at radius 1 is 0.976 bits per heavy atom. The number of aliphatic carboxylic acids is 1. The van der Waals surface area contributed by atoms with Gasteiger partial charge in [0.25, 0.3) is 0 Å². The smallest absolute Gasteiger partial charge is 0.408 e. The molecule has 0 radical (unpaired) electrons. The van der Waals surface area contributed by atoms with Crippen LogP contribution in [0, 0.1) is 5.92 Å². The largest absolute Gasteiger partial charge is 0.480 e. The Kier molecular flexibility index (Phi) is 8.40. The fourth-order valence-electron chi connectivity index (χ4n) is 6.00. The van der Waals surface area contributed by atoms with Gasteiger partial charge in [-0.2, -0.15) is 0 Å². The Morgan fingerprint density at radius 3 is 2.20 bits per heavy atom. The van der Waals surface area contributed by atoms with E-state index >= 15 is 0 Å². The maximum absolute atomic E-state index is 13.8. The van der Waals surface area contributed by atoms with Gasteiger partial charge in [-0.25, -0.2) is 9.59 Å². The summed E-state index contributed by atoms with van der Waals surface area (Å²) >= 11 is 0. The quantitative estimate of drug-likeness (QED) is 0.332. The molecular formula is C33H37N3O5. The van der Waals surface area contributed by atoms with Gasteiger partial charge in [0.2, 0.25) is 5.91 Å². The van der Waals surface area contributed by atoms with E-state index in [0.717, 1.165) is 27.8 Å². The Morgan fingerprint density at radius 2 is 1.59 bits per heavy atom. The van der Waals surface area contributed by atoms with Crippen molar-refractivity contribution in [2.24, 2.45) is 5.92 Å². The summed E-state index contributed by atoms with van der Waals surface area (Å²) in [6.07, 6.45) is 0.228.